The van der Waals surface area contributed by atoms with E-state index in [-0.39, 0.29) is 18.1 Å². The fraction of sp³-hybridized carbons (Fsp3) is 0.647. The number of nitrogens with zero attached hydrogens (tertiary/aromatic N) is 2. The summed E-state index contributed by atoms with van der Waals surface area (Å²) < 4.78 is 11.4. The molecule has 0 aliphatic carbocycles. The minimum absolute atomic E-state index is 0.0226. The molecule has 1 fully saturated rings. The van der Waals surface area contributed by atoms with Crippen LogP contribution in [0.5, 0.6) is 5.88 Å². The fourth-order valence-corrected chi connectivity index (χ4v) is 2.46. The van der Waals surface area contributed by atoms with Crippen LogP contribution >= 0.6 is 0 Å². The molecule has 2 atom stereocenters. The minimum Gasteiger partial charge on any atom is -0.475 e. The Morgan fingerprint density at radius 1 is 1.55 bits per heavy atom. The lowest BCUT2D eigenvalue weighted by Gasteiger charge is -2.27. The van der Waals surface area contributed by atoms with E-state index in [2.05, 4.69) is 11.9 Å². The number of carbonyl (C=O) groups excluding carboxylic acids is 1. The molecule has 2 rings (SSSR count). The second-order valence-corrected chi connectivity index (χ2v) is 5.89. The minimum atomic E-state index is -0.0226. The lowest BCUT2D eigenvalue weighted by atomic mass is 10.1. The van der Waals surface area contributed by atoms with Crippen LogP contribution in [0.1, 0.15) is 49.9 Å². The molecule has 0 bridgehead atoms. The van der Waals surface area contributed by atoms with Gasteiger partial charge in [0.2, 0.25) is 5.88 Å². The van der Waals surface area contributed by atoms with Crippen LogP contribution < -0.4 is 4.74 Å². The number of carbonyl (C=O) groups is 1. The maximum Gasteiger partial charge on any atom is 0.253 e. The highest BCUT2D eigenvalue weighted by Crippen LogP contribution is 2.16. The third-order valence-electron chi connectivity index (χ3n) is 3.98. The molecular formula is C17H26N2O3. The highest BCUT2D eigenvalue weighted by molar-refractivity contribution is 5.94. The quantitative estimate of drug-likeness (QED) is 0.811. The third kappa shape index (κ3) is 4.70. The SMILES string of the molecule is CC[C@@H](C)Oc1cc(C(=O)N(C)C[C@H]2CCCCO2)ccn1. The Kier molecular flexibility index (Phi) is 6.19. The summed E-state index contributed by atoms with van der Waals surface area (Å²) in [5.41, 5.74) is 0.603. The van der Waals surface area contributed by atoms with Crippen molar-refractivity contribution in [3.63, 3.8) is 0 Å². The first kappa shape index (κ1) is 16.7. The molecule has 0 aromatic carbocycles. The Balaban J connectivity index is 1.97. The maximum atomic E-state index is 12.5. The second-order valence-electron chi connectivity index (χ2n) is 5.89. The summed E-state index contributed by atoms with van der Waals surface area (Å²) in [7, 11) is 1.82. The lowest BCUT2D eigenvalue weighted by molar-refractivity contribution is -0.000196. The zero-order valence-corrected chi connectivity index (χ0v) is 13.7. The summed E-state index contributed by atoms with van der Waals surface area (Å²) in [5, 5.41) is 0. The van der Waals surface area contributed by atoms with Crippen molar-refractivity contribution in [1.82, 2.24) is 9.88 Å². The molecular weight excluding hydrogens is 280 g/mol. The van der Waals surface area contributed by atoms with E-state index in [9.17, 15) is 4.79 Å². The summed E-state index contributed by atoms with van der Waals surface area (Å²) in [6.45, 7) is 5.47. The van der Waals surface area contributed by atoms with Gasteiger partial charge >= 0.3 is 0 Å². The Morgan fingerprint density at radius 2 is 2.36 bits per heavy atom. The van der Waals surface area contributed by atoms with Crippen molar-refractivity contribution in [3.8, 4) is 5.88 Å². The van der Waals surface area contributed by atoms with Crippen LogP contribution in [0.15, 0.2) is 18.3 Å². The molecule has 122 valence electrons. The summed E-state index contributed by atoms with van der Waals surface area (Å²) in [6.07, 6.45) is 6.08. The van der Waals surface area contributed by atoms with Crippen LogP contribution in [0.3, 0.4) is 0 Å². The van der Waals surface area contributed by atoms with E-state index in [1.165, 1.54) is 6.42 Å². The molecule has 1 saturated heterocycles. The van der Waals surface area contributed by atoms with E-state index in [0.29, 0.717) is 18.0 Å². The number of hydrogen-bond acceptors (Lipinski definition) is 4. The van der Waals surface area contributed by atoms with Crippen LogP contribution in [-0.4, -0.2) is 48.2 Å². The van der Waals surface area contributed by atoms with E-state index in [0.717, 1.165) is 25.9 Å². The molecule has 5 heteroatoms. The number of pyridine rings is 1. The van der Waals surface area contributed by atoms with Gasteiger partial charge in [-0.2, -0.15) is 0 Å². The number of hydrogen-bond donors (Lipinski definition) is 0. The summed E-state index contributed by atoms with van der Waals surface area (Å²) in [5.74, 6) is 0.480. The highest BCUT2D eigenvalue weighted by Gasteiger charge is 2.20. The van der Waals surface area contributed by atoms with Gasteiger partial charge < -0.3 is 14.4 Å². The van der Waals surface area contributed by atoms with Gasteiger partial charge in [-0.1, -0.05) is 6.92 Å². The zero-order chi connectivity index (χ0) is 15.9. The molecule has 0 radical (unpaired) electrons. The fourth-order valence-electron chi connectivity index (χ4n) is 2.46. The zero-order valence-electron chi connectivity index (χ0n) is 13.7. The first-order valence-corrected chi connectivity index (χ1v) is 8.10. The number of ether oxygens (including phenoxy) is 2. The third-order valence-corrected chi connectivity index (χ3v) is 3.98. The van der Waals surface area contributed by atoms with Crippen LogP contribution in [0.2, 0.25) is 0 Å². The van der Waals surface area contributed by atoms with E-state index in [1.54, 1.807) is 23.2 Å². The molecule has 1 aromatic rings. The Morgan fingerprint density at radius 3 is 3.05 bits per heavy atom. The molecule has 1 aliphatic rings. The standard InChI is InChI=1S/C17H26N2O3/c1-4-13(2)22-16-11-14(8-9-18-16)17(20)19(3)12-15-7-5-6-10-21-15/h8-9,11,13,15H,4-7,10,12H2,1-3H3/t13-,15-/m1/s1. The van der Waals surface area contributed by atoms with Gasteiger partial charge in [0.1, 0.15) is 0 Å². The van der Waals surface area contributed by atoms with E-state index >= 15 is 0 Å². The largest absolute Gasteiger partial charge is 0.475 e. The van der Waals surface area contributed by atoms with E-state index in [4.69, 9.17) is 9.47 Å². The van der Waals surface area contributed by atoms with Crippen molar-refractivity contribution >= 4 is 5.91 Å². The monoisotopic (exact) mass is 306 g/mol. The van der Waals surface area contributed by atoms with Gasteiger partial charge in [-0.15, -0.1) is 0 Å². The van der Waals surface area contributed by atoms with Crippen LogP contribution in [-0.2, 0) is 4.74 Å². The molecule has 1 amide bonds. The van der Waals surface area contributed by atoms with Gasteiger partial charge in [0, 0.05) is 38.0 Å². The topological polar surface area (TPSA) is 51.7 Å². The smallest absolute Gasteiger partial charge is 0.253 e. The lowest BCUT2D eigenvalue weighted by Crippen LogP contribution is -2.37. The summed E-state index contributed by atoms with van der Waals surface area (Å²) in [4.78, 5) is 18.4. The number of aromatic nitrogens is 1. The molecule has 2 heterocycles. The Hall–Kier alpha value is -1.62. The summed E-state index contributed by atoms with van der Waals surface area (Å²) >= 11 is 0. The van der Waals surface area contributed by atoms with Crippen LogP contribution in [0.4, 0.5) is 0 Å². The number of rotatable bonds is 6. The average molecular weight is 306 g/mol. The maximum absolute atomic E-state index is 12.5. The molecule has 0 spiro atoms. The molecule has 5 nitrogen and oxygen atoms in total. The second kappa shape index (κ2) is 8.13. The first-order valence-electron chi connectivity index (χ1n) is 8.10. The first-order chi connectivity index (χ1) is 10.6. The van der Waals surface area contributed by atoms with Gasteiger partial charge in [-0.25, -0.2) is 4.98 Å². The molecule has 22 heavy (non-hydrogen) atoms. The van der Waals surface area contributed by atoms with Crippen LogP contribution in [0, 0.1) is 0 Å². The van der Waals surface area contributed by atoms with Crippen molar-refractivity contribution in [1.29, 1.82) is 0 Å². The average Bonchev–Trinajstić information content (AvgIpc) is 2.55. The normalized spacial score (nSPS) is 19.5. The molecule has 0 unspecified atom stereocenters. The van der Waals surface area contributed by atoms with Crippen molar-refractivity contribution in [3.05, 3.63) is 23.9 Å². The van der Waals surface area contributed by atoms with Crippen molar-refractivity contribution in [2.24, 2.45) is 0 Å². The molecule has 0 saturated carbocycles. The van der Waals surface area contributed by atoms with Gasteiger partial charge in [0.15, 0.2) is 0 Å². The Bertz CT molecular complexity index is 487. The van der Waals surface area contributed by atoms with Crippen molar-refractivity contribution in [2.75, 3.05) is 20.2 Å². The summed E-state index contributed by atoms with van der Waals surface area (Å²) in [6, 6.07) is 3.44. The van der Waals surface area contributed by atoms with Gasteiger partial charge in [-0.05, 0) is 38.7 Å². The van der Waals surface area contributed by atoms with E-state index < -0.39 is 0 Å². The predicted octanol–water partition coefficient (Wildman–Crippen LogP) is 2.90. The van der Waals surface area contributed by atoms with Gasteiger partial charge in [0.05, 0.1) is 12.2 Å². The van der Waals surface area contributed by atoms with Crippen molar-refractivity contribution in [2.45, 2.75) is 51.7 Å². The molecule has 1 aliphatic heterocycles. The molecule has 1 aromatic heterocycles. The highest BCUT2D eigenvalue weighted by atomic mass is 16.5. The van der Waals surface area contributed by atoms with E-state index in [1.807, 2.05) is 14.0 Å². The number of amides is 1. The molecule has 0 N–H and O–H groups in total. The Labute approximate surface area is 132 Å². The van der Waals surface area contributed by atoms with Gasteiger partial charge in [-0.3, -0.25) is 4.79 Å². The van der Waals surface area contributed by atoms with Crippen LogP contribution in [0.25, 0.3) is 0 Å². The predicted molar refractivity (Wildman–Crippen MR) is 85.2 cm³/mol. The van der Waals surface area contributed by atoms with Crippen molar-refractivity contribution < 1.29 is 14.3 Å². The van der Waals surface area contributed by atoms with Gasteiger partial charge in [0.25, 0.3) is 5.91 Å². The number of likely N-dealkylation sites (N-methyl/N-ethyl adjacent to an activating group) is 1.